The second kappa shape index (κ2) is 8.59. The second-order valence-corrected chi connectivity index (χ2v) is 6.47. The summed E-state index contributed by atoms with van der Waals surface area (Å²) in [7, 11) is 0. The molecule has 0 aliphatic rings. The average molecular weight is 334 g/mol. The Morgan fingerprint density at radius 2 is 1.96 bits per heavy atom. The summed E-state index contributed by atoms with van der Waals surface area (Å²) < 4.78 is 9.75. The van der Waals surface area contributed by atoms with Crippen molar-refractivity contribution in [3.05, 3.63) is 30.3 Å². The lowest BCUT2D eigenvalue weighted by molar-refractivity contribution is 0.0960. The van der Waals surface area contributed by atoms with Crippen molar-refractivity contribution in [2.45, 2.75) is 26.8 Å². The minimum absolute atomic E-state index is 0.0738. The lowest BCUT2D eigenvalue weighted by Gasteiger charge is -2.15. The number of benzene rings is 1. The molecule has 2 N–H and O–H groups in total. The van der Waals surface area contributed by atoms with Crippen molar-refractivity contribution >= 4 is 22.7 Å². The highest BCUT2D eigenvalue weighted by Crippen LogP contribution is 2.20. The number of nitrogens with zero attached hydrogens (tertiary/aromatic N) is 2. The Morgan fingerprint density at radius 1 is 1.22 bits per heavy atom. The highest BCUT2D eigenvalue weighted by Gasteiger charge is 2.11. The fraction of sp³-hybridized carbons (Fsp3) is 0.438. The molecule has 2 aromatic rings. The molecule has 6 nitrogen and oxygen atoms in total. The molecule has 1 heterocycles. The van der Waals surface area contributed by atoms with E-state index >= 15 is 0 Å². The van der Waals surface area contributed by atoms with Crippen LogP contribution < -0.4 is 10.6 Å². The van der Waals surface area contributed by atoms with Crippen LogP contribution in [0.25, 0.3) is 11.4 Å². The molecule has 0 aliphatic carbocycles. The van der Waals surface area contributed by atoms with Gasteiger partial charge in [0.2, 0.25) is 5.13 Å². The summed E-state index contributed by atoms with van der Waals surface area (Å²) >= 11 is 1.16. The first-order valence-corrected chi connectivity index (χ1v) is 8.36. The smallest absolute Gasteiger partial charge is 0.321 e. The first-order chi connectivity index (χ1) is 11.0. The maximum absolute atomic E-state index is 11.9. The largest absolute Gasteiger partial charge is 0.379 e. The number of carbonyl (C=O) groups excluding carboxylic acids is 1. The molecular weight excluding hydrogens is 312 g/mol. The minimum Gasteiger partial charge on any atom is -0.379 e. The standard InChI is InChI=1S/C16H22N4O2S/c1-11(2)9-22-10-12(3)17-15(21)19-16-18-14(20-23-16)13-7-5-4-6-8-13/h4-8,11-12H,9-10H2,1-3H3,(H2,17,18,19,20,21)/t12-/m0/s1. The zero-order valence-electron chi connectivity index (χ0n) is 13.6. The Bertz CT molecular complexity index is 616. The zero-order chi connectivity index (χ0) is 16.7. The zero-order valence-corrected chi connectivity index (χ0v) is 14.4. The van der Waals surface area contributed by atoms with E-state index in [1.165, 1.54) is 0 Å². The predicted molar refractivity (Wildman–Crippen MR) is 92.6 cm³/mol. The summed E-state index contributed by atoms with van der Waals surface area (Å²) in [6, 6.07) is 9.27. The van der Waals surface area contributed by atoms with Gasteiger partial charge in [-0.25, -0.2) is 4.79 Å². The maximum Gasteiger partial charge on any atom is 0.321 e. The van der Waals surface area contributed by atoms with Gasteiger partial charge in [-0.05, 0) is 12.8 Å². The Balaban J connectivity index is 1.80. The molecule has 124 valence electrons. The third kappa shape index (κ3) is 5.96. The first kappa shape index (κ1) is 17.4. The molecular formula is C16H22N4O2S. The van der Waals surface area contributed by atoms with E-state index in [1.54, 1.807) is 0 Å². The van der Waals surface area contributed by atoms with E-state index in [-0.39, 0.29) is 12.1 Å². The molecule has 2 rings (SSSR count). The quantitative estimate of drug-likeness (QED) is 0.814. The van der Waals surface area contributed by atoms with Gasteiger partial charge >= 0.3 is 6.03 Å². The molecule has 0 aliphatic heterocycles. The van der Waals surface area contributed by atoms with Crippen LogP contribution in [-0.4, -0.2) is 34.6 Å². The number of amides is 2. The molecule has 1 aromatic carbocycles. The van der Waals surface area contributed by atoms with Gasteiger partial charge in [-0.1, -0.05) is 44.2 Å². The lowest BCUT2D eigenvalue weighted by Crippen LogP contribution is -2.39. The monoisotopic (exact) mass is 334 g/mol. The number of nitrogens with one attached hydrogen (secondary N) is 2. The highest BCUT2D eigenvalue weighted by molar-refractivity contribution is 7.10. The number of anilines is 1. The van der Waals surface area contributed by atoms with Crippen molar-refractivity contribution in [1.29, 1.82) is 0 Å². The van der Waals surface area contributed by atoms with Gasteiger partial charge in [-0.3, -0.25) is 5.32 Å². The Hall–Kier alpha value is -1.99. The maximum atomic E-state index is 11.9. The lowest BCUT2D eigenvalue weighted by atomic mass is 10.2. The van der Waals surface area contributed by atoms with Crippen LogP contribution in [0.4, 0.5) is 9.93 Å². The molecule has 1 atom stereocenters. The van der Waals surface area contributed by atoms with Crippen molar-refractivity contribution in [2.24, 2.45) is 5.92 Å². The van der Waals surface area contributed by atoms with Crippen molar-refractivity contribution in [1.82, 2.24) is 14.7 Å². The van der Waals surface area contributed by atoms with Crippen LogP contribution in [0, 0.1) is 5.92 Å². The van der Waals surface area contributed by atoms with E-state index in [0.717, 1.165) is 17.1 Å². The summed E-state index contributed by atoms with van der Waals surface area (Å²) in [4.78, 5) is 16.2. The van der Waals surface area contributed by atoms with Gasteiger partial charge in [0.05, 0.1) is 12.6 Å². The van der Waals surface area contributed by atoms with Crippen LogP contribution in [-0.2, 0) is 4.74 Å². The van der Waals surface area contributed by atoms with E-state index in [0.29, 0.717) is 30.1 Å². The molecule has 7 heteroatoms. The average Bonchev–Trinajstić information content (AvgIpc) is 2.96. The highest BCUT2D eigenvalue weighted by atomic mass is 32.1. The van der Waals surface area contributed by atoms with Crippen LogP contribution in [0.1, 0.15) is 20.8 Å². The minimum atomic E-state index is -0.304. The van der Waals surface area contributed by atoms with E-state index in [2.05, 4.69) is 33.8 Å². The van der Waals surface area contributed by atoms with Crippen LogP contribution >= 0.6 is 11.5 Å². The Kier molecular flexibility index (Phi) is 6.49. The van der Waals surface area contributed by atoms with E-state index in [1.807, 2.05) is 37.3 Å². The summed E-state index contributed by atoms with van der Waals surface area (Å²) in [6.45, 7) is 7.24. The van der Waals surface area contributed by atoms with Crippen LogP contribution in [0.2, 0.25) is 0 Å². The van der Waals surface area contributed by atoms with Gasteiger partial charge in [0, 0.05) is 23.7 Å². The van der Waals surface area contributed by atoms with Crippen molar-refractivity contribution in [3.8, 4) is 11.4 Å². The van der Waals surface area contributed by atoms with Crippen LogP contribution in [0.15, 0.2) is 30.3 Å². The van der Waals surface area contributed by atoms with Gasteiger partial charge in [-0.2, -0.15) is 9.36 Å². The molecule has 0 unspecified atom stereocenters. The molecule has 0 saturated heterocycles. The van der Waals surface area contributed by atoms with Gasteiger partial charge in [0.1, 0.15) is 0 Å². The topological polar surface area (TPSA) is 76.1 Å². The SMILES string of the molecule is CC(C)COC[C@H](C)NC(=O)Nc1nc(-c2ccccc2)ns1. The molecule has 2 amide bonds. The Morgan fingerprint density at radius 3 is 2.65 bits per heavy atom. The van der Waals surface area contributed by atoms with Gasteiger partial charge in [0.25, 0.3) is 0 Å². The predicted octanol–water partition coefficient (Wildman–Crippen LogP) is 3.39. The van der Waals surface area contributed by atoms with E-state index in [4.69, 9.17) is 4.74 Å². The Labute approximate surface area is 140 Å². The molecule has 23 heavy (non-hydrogen) atoms. The third-order valence-electron chi connectivity index (χ3n) is 2.88. The van der Waals surface area contributed by atoms with E-state index < -0.39 is 0 Å². The van der Waals surface area contributed by atoms with Crippen molar-refractivity contribution < 1.29 is 9.53 Å². The number of urea groups is 1. The summed E-state index contributed by atoms with van der Waals surface area (Å²) in [6.07, 6.45) is 0. The molecule has 0 saturated carbocycles. The van der Waals surface area contributed by atoms with Crippen LogP contribution in [0.3, 0.4) is 0 Å². The van der Waals surface area contributed by atoms with Crippen molar-refractivity contribution in [2.75, 3.05) is 18.5 Å². The number of hydrogen-bond acceptors (Lipinski definition) is 5. The first-order valence-electron chi connectivity index (χ1n) is 7.59. The van der Waals surface area contributed by atoms with Crippen molar-refractivity contribution in [3.63, 3.8) is 0 Å². The third-order valence-corrected chi connectivity index (χ3v) is 3.51. The molecule has 0 fully saturated rings. The summed E-state index contributed by atoms with van der Waals surface area (Å²) in [5.74, 6) is 1.09. The molecule has 0 spiro atoms. The number of aromatic nitrogens is 2. The van der Waals surface area contributed by atoms with Crippen LogP contribution in [0.5, 0.6) is 0 Å². The normalized spacial score (nSPS) is 12.2. The fourth-order valence-corrected chi connectivity index (χ4v) is 2.44. The molecule has 1 aromatic heterocycles. The van der Waals surface area contributed by atoms with Gasteiger partial charge in [-0.15, -0.1) is 0 Å². The van der Waals surface area contributed by atoms with Gasteiger partial charge < -0.3 is 10.1 Å². The number of hydrogen-bond donors (Lipinski definition) is 2. The number of carbonyl (C=O) groups is 1. The second-order valence-electron chi connectivity index (χ2n) is 5.72. The fourth-order valence-electron chi connectivity index (χ4n) is 1.86. The number of ether oxygens (including phenoxy) is 1. The molecule has 0 radical (unpaired) electrons. The van der Waals surface area contributed by atoms with E-state index in [9.17, 15) is 4.79 Å². The number of rotatable bonds is 7. The molecule has 0 bridgehead atoms. The summed E-state index contributed by atoms with van der Waals surface area (Å²) in [5.41, 5.74) is 0.924. The van der Waals surface area contributed by atoms with Gasteiger partial charge in [0.15, 0.2) is 5.82 Å². The summed E-state index contributed by atoms with van der Waals surface area (Å²) in [5, 5.41) is 5.99.